The summed E-state index contributed by atoms with van der Waals surface area (Å²) in [6.07, 6.45) is 0.690. The number of benzene rings is 4. The van der Waals surface area contributed by atoms with Crippen LogP contribution in [-0.2, 0) is 13.0 Å². The standard InChI is InChI=1S/C24H20O2/c25-24-21(13-12-20-8-4-5-9-23(20)24)16-18-10-14-22(15-11-18)26-17-19-6-2-1-3-7-19/h1-15,25H,16-17H2. The van der Waals surface area contributed by atoms with Crippen molar-refractivity contribution in [2.24, 2.45) is 0 Å². The Kier molecular flexibility index (Phi) is 4.57. The first kappa shape index (κ1) is 16.2. The van der Waals surface area contributed by atoms with Crippen molar-refractivity contribution in [3.05, 3.63) is 108 Å². The van der Waals surface area contributed by atoms with Crippen LogP contribution >= 0.6 is 0 Å². The fourth-order valence-electron chi connectivity index (χ4n) is 3.11. The fourth-order valence-corrected chi connectivity index (χ4v) is 3.11. The quantitative estimate of drug-likeness (QED) is 0.504. The van der Waals surface area contributed by atoms with Crippen molar-refractivity contribution in [1.29, 1.82) is 0 Å². The van der Waals surface area contributed by atoms with Gasteiger partial charge in [-0.2, -0.15) is 0 Å². The Balaban J connectivity index is 1.47. The molecule has 0 aliphatic carbocycles. The van der Waals surface area contributed by atoms with Gasteiger partial charge in [0.25, 0.3) is 0 Å². The lowest BCUT2D eigenvalue weighted by molar-refractivity contribution is 0.306. The third-order valence-electron chi connectivity index (χ3n) is 4.55. The molecular weight excluding hydrogens is 320 g/mol. The van der Waals surface area contributed by atoms with Crippen molar-refractivity contribution in [2.75, 3.05) is 0 Å². The minimum Gasteiger partial charge on any atom is -0.507 e. The highest BCUT2D eigenvalue weighted by Crippen LogP contribution is 2.30. The lowest BCUT2D eigenvalue weighted by Crippen LogP contribution is -1.95. The monoisotopic (exact) mass is 340 g/mol. The number of hydrogen-bond donors (Lipinski definition) is 1. The molecule has 4 rings (SSSR count). The van der Waals surface area contributed by atoms with Gasteiger partial charge in [0.2, 0.25) is 0 Å². The van der Waals surface area contributed by atoms with Gasteiger partial charge in [-0.05, 0) is 34.2 Å². The van der Waals surface area contributed by atoms with Crippen LogP contribution in [0.3, 0.4) is 0 Å². The lowest BCUT2D eigenvalue weighted by Gasteiger charge is -2.10. The summed E-state index contributed by atoms with van der Waals surface area (Å²) in [6.45, 7) is 0.561. The average Bonchev–Trinajstić information content (AvgIpc) is 2.70. The minimum absolute atomic E-state index is 0.368. The number of hydrogen-bond acceptors (Lipinski definition) is 2. The van der Waals surface area contributed by atoms with Crippen LogP contribution in [-0.4, -0.2) is 5.11 Å². The molecular formula is C24H20O2. The van der Waals surface area contributed by atoms with Crippen LogP contribution in [0.25, 0.3) is 10.8 Å². The molecule has 0 spiro atoms. The van der Waals surface area contributed by atoms with E-state index >= 15 is 0 Å². The highest BCUT2D eigenvalue weighted by Gasteiger charge is 2.07. The van der Waals surface area contributed by atoms with E-state index in [1.807, 2.05) is 60.7 Å². The minimum atomic E-state index is 0.368. The summed E-state index contributed by atoms with van der Waals surface area (Å²) >= 11 is 0. The second-order valence-corrected chi connectivity index (χ2v) is 6.39. The molecule has 0 fully saturated rings. The molecule has 0 aliphatic rings. The zero-order valence-corrected chi connectivity index (χ0v) is 14.4. The number of ether oxygens (including phenoxy) is 1. The van der Waals surface area contributed by atoms with E-state index in [-0.39, 0.29) is 0 Å². The van der Waals surface area contributed by atoms with Crippen LogP contribution < -0.4 is 4.74 Å². The molecule has 2 heteroatoms. The van der Waals surface area contributed by atoms with Crippen LogP contribution in [0.2, 0.25) is 0 Å². The summed E-state index contributed by atoms with van der Waals surface area (Å²) < 4.78 is 5.83. The van der Waals surface area contributed by atoms with E-state index in [9.17, 15) is 5.11 Å². The first-order valence-electron chi connectivity index (χ1n) is 8.75. The van der Waals surface area contributed by atoms with E-state index in [0.717, 1.165) is 33.2 Å². The Morgan fingerprint density at radius 2 is 1.38 bits per heavy atom. The van der Waals surface area contributed by atoms with E-state index in [2.05, 4.69) is 30.3 Å². The van der Waals surface area contributed by atoms with Crippen molar-refractivity contribution in [3.8, 4) is 11.5 Å². The summed E-state index contributed by atoms with van der Waals surface area (Å²) in [5, 5.41) is 12.5. The molecule has 0 atom stereocenters. The Hall–Kier alpha value is -3.26. The molecule has 2 nitrogen and oxygen atoms in total. The van der Waals surface area contributed by atoms with Crippen molar-refractivity contribution >= 4 is 10.8 Å². The van der Waals surface area contributed by atoms with Crippen LogP contribution in [0.5, 0.6) is 11.5 Å². The Morgan fingerprint density at radius 1 is 0.654 bits per heavy atom. The third kappa shape index (κ3) is 3.55. The predicted molar refractivity (Wildman–Crippen MR) is 106 cm³/mol. The van der Waals surface area contributed by atoms with Crippen molar-refractivity contribution in [3.63, 3.8) is 0 Å². The van der Waals surface area contributed by atoms with Crippen molar-refractivity contribution in [1.82, 2.24) is 0 Å². The van der Waals surface area contributed by atoms with E-state index in [0.29, 0.717) is 18.8 Å². The number of phenolic OH excluding ortho intramolecular Hbond substituents is 1. The summed E-state index contributed by atoms with van der Waals surface area (Å²) in [4.78, 5) is 0. The van der Waals surface area contributed by atoms with E-state index < -0.39 is 0 Å². The maximum absolute atomic E-state index is 10.6. The van der Waals surface area contributed by atoms with Crippen molar-refractivity contribution < 1.29 is 9.84 Å². The second kappa shape index (κ2) is 7.32. The molecule has 0 aromatic heterocycles. The predicted octanol–water partition coefficient (Wildman–Crippen LogP) is 5.72. The maximum Gasteiger partial charge on any atom is 0.126 e. The van der Waals surface area contributed by atoms with Gasteiger partial charge in [-0.15, -0.1) is 0 Å². The molecule has 4 aromatic carbocycles. The van der Waals surface area contributed by atoms with Crippen molar-refractivity contribution in [2.45, 2.75) is 13.0 Å². The molecule has 128 valence electrons. The third-order valence-corrected chi connectivity index (χ3v) is 4.55. The molecule has 0 radical (unpaired) electrons. The lowest BCUT2D eigenvalue weighted by atomic mass is 10.00. The number of phenols is 1. The molecule has 26 heavy (non-hydrogen) atoms. The van der Waals surface area contributed by atoms with Crippen LogP contribution in [0, 0.1) is 0 Å². The molecule has 0 bridgehead atoms. The first-order valence-corrected chi connectivity index (χ1v) is 8.75. The van der Waals surface area contributed by atoms with Gasteiger partial charge >= 0.3 is 0 Å². The summed E-state index contributed by atoms with van der Waals surface area (Å²) in [7, 11) is 0. The topological polar surface area (TPSA) is 29.5 Å². The molecule has 0 aliphatic heterocycles. The van der Waals surface area contributed by atoms with Gasteiger partial charge in [0.1, 0.15) is 18.1 Å². The fraction of sp³-hybridized carbons (Fsp3) is 0.0833. The number of rotatable bonds is 5. The van der Waals surface area contributed by atoms with Gasteiger partial charge in [-0.25, -0.2) is 0 Å². The normalized spacial score (nSPS) is 10.8. The molecule has 0 heterocycles. The maximum atomic E-state index is 10.6. The van der Waals surface area contributed by atoms with Gasteiger partial charge in [0.15, 0.2) is 0 Å². The average molecular weight is 340 g/mol. The Labute approximate surface area is 153 Å². The molecule has 0 amide bonds. The Morgan fingerprint density at radius 3 is 2.19 bits per heavy atom. The number of fused-ring (bicyclic) bond motifs is 1. The highest BCUT2D eigenvalue weighted by atomic mass is 16.5. The van der Waals surface area contributed by atoms with Gasteiger partial charge in [-0.1, -0.05) is 78.9 Å². The molecule has 1 N–H and O–H groups in total. The zero-order valence-electron chi connectivity index (χ0n) is 14.4. The van der Waals surface area contributed by atoms with Gasteiger partial charge < -0.3 is 9.84 Å². The van der Waals surface area contributed by atoms with E-state index in [4.69, 9.17) is 4.74 Å². The Bertz CT molecular complexity index is 1010. The smallest absolute Gasteiger partial charge is 0.126 e. The summed E-state index contributed by atoms with van der Waals surface area (Å²) in [5.41, 5.74) is 3.22. The van der Waals surface area contributed by atoms with Gasteiger partial charge in [-0.3, -0.25) is 0 Å². The molecule has 4 aromatic rings. The van der Waals surface area contributed by atoms with Crippen LogP contribution in [0.4, 0.5) is 0 Å². The van der Waals surface area contributed by atoms with Crippen LogP contribution in [0.1, 0.15) is 16.7 Å². The molecule has 0 unspecified atom stereocenters. The largest absolute Gasteiger partial charge is 0.507 e. The zero-order chi connectivity index (χ0) is 17.8. The summed E-state index contributed by atoms with van der Waals surface area (Å²) in [6, 6.07) is 30.1. The van der Waals surface area contributed by atoms with E-state index in [1.54, 1.807) is 0 Å². The van der Waals surface area contributed by atoms with E-state index in [1.165, 1.54) is 0 Å². The molecule has 0 saturated heterocycles. The summed E-state index contributed by atoms with van der Waals surface area (Å²) in [5.74, 6) is 1.22. The van der Waals surface area contributed by atoms with Crippen LogP contribution in [0.15, 0.2) is 91.0 Å². The SMILES string of the molecule is Oc1c(Cc2ccc(OCc3ccccc3)cc2)ccc2ccccc12. The highest BCUT2D eigenvalue weighted by molar-refractivity contribution is 5.89. The first-order chi connectivity index (χ1) is 12.8. The number of aromatic hydroxyl groups is 1. The second-order valence-electron chi connectivity index (χ2n) is 6.39. The van der Waals surface area contributed by atoms with Gasteiger partial charge in [0, 0.05) is 11.8 Å². The molecule has 0 saturated carbocycles. The van der Waals surface area contributed by atoms with Gasteiger partial charge in [0.05, 0.1) is 0 Å².